The summed E-state index contributed by atoms with van der Waals surface area (Å²) < 4.78 is 0.910. The van der Waals surface area contributed by atoms with Crippen molar-refractivity contribution in [2.75, 3.05) is 6.54 Å². The average molecular weight is 268 g/mol. The molecule has 1 atom stereocenters. The summed E-state index contributed by atoms with van der Waals surface area (Å²) in [4.78, 5) is 2.32. The van der Waals surface area contributed by atoms with Crippen molar-refractivity contribution >= 4 is 17.1 Å². The van der Waals surface area contributed by atoms with Crippen molar-refractivity contribution in [3.8, 4) is 0 Å². The summed E-state index contributed by atoms with van der Waals surface area (Å²) in [5, 5.41) is 3.25. The van der Waals surface area contributed by atoms with Crippen LogP contribution >= 0.6 is 12.4 Å². The minimum Gasteiger partial charge on any atom is -0.147 e. The summed E-state index contributed by atoms with van der Waals surface area (Å²) in [5.41, 5.74) is 0. The summed E-state index contributed by atoms with van der Waals surface area (Å²) >= 11 is 5.42. The van der Waals surface area contributed by atoms with Crippen LogP contribution < -0.4 is 5.32 Å². The smallest absolute Gasteiger partial charge is 0.147 e. The van der Waals surface area contributed by atoms with Crippen molar-refractivity contribution in [2.45, 2.75) is 46.2 Å². The van der Waals surface area contributed by atoms with Gasteiger partial charge in [0.1, 0.15) is 0 Å². The van der Waals surface area contributed by atoms with E-state index in [4.69, 9.17) is 15.6 Å². The molecule has 0 bridgehead atoms. The van der Waals surface area contributed by atoms with Gasteiger partial charge in [0.2, 0.25) is 0 Å². The van der Waals surface area contributed by atoms with Crippen molar-refractivity contribution in [2.24, 2.45) is 5.92 Å². The van der Waals surface area contributed by atoms with E-state index in [9.17, 15) is 0 Å². The van der Waals surface area contributed by atoms with Crippen molar-refractivity contribution < 1.29 is 15.6 Å². The van der Waals surface area contributed by atoms with Gasteiger partial charge in [0, 0.05) is 0 Å². The maximum atomic E-state index is 5.42. The first-order valence-corrected chi connectivity index (χ1v) is 5.50. The van der Waals surface area contributed by atoms with Gasteiger partial charge < -0.3 is 0 Å². The zero-order chi connectivity index (χ0) is 10.0. The fourth-order valence-electron chi connectivity index (χ4n) is 1.90. The molecule has 14 heavy (non-hydrogen) atoms. The van der Waals surface area contributed by atoms with Gasteiger partial charge in [0.05, 0.1) is 0 Å². The number of halogens is 1. The SMILES string of the molecule is CC(C)CC1CN[C](=[Cu])N1C(C)C.Cl. The first-order chi connectivity index (χ1) is 6.02. The molecule has 0 aromatic heterocycles. The molecule has 0 spiro atoms. The molecule has 0 aromatic carbocycles. The van der Waals surface area contributed by atoms with Crippen LogP contribution in [0.3, 0.4) is 0 Å². The Balaban J connectivity index is 0.00000169. The Morgan fingerprint density at radius 1 is 1.43 bits per heavy atom. The predicted octanol–water partition coefficient (Wildman–Crippen LogP) is 1.77. The second-order valence-corrected chi connectivity index (χ2v) is 4.87. The number of hydrogen-bond donors (Lipinski definition) is 1. The molecule has 1 N–H and O–H groups in total. The second kappa shape index (κ2) is 6.24. The van der Waals surface area contributed by atoms with E-state index in [2.05, 4.69) is 37.9 Å². The van der Waals surface area contributed by atoms with Crippen LogP contribution in [0.4, 0.5) is 0 Å². The van der Waals surface area contributed by atoms with Crippen LogP contribution in [0.25, 0.3) is 0 Å². The summed E-state index contributed by atoms with van der Waals surface area (Å²) in [5.74, 6) is 0.742. The molecule has 0 saturated carbocycles. The Kier molecular flexibility index (Phi) is 6.51. The van der Waals surface area contributed by atoms with Gasteiger partial charge in [0.25, 0.3) is 0 Å². The Bertz CT molecular complexity index is 195. The number of nitrogens with zero attached hydrogens (tertiary/aromatic N) is 1. The molecule has 0 radical (unpaired) electrons. The summed E-state index contributed by atoms with van der Waals surface area (Å²) in [6.45, 7) is 9.94. The summed E-state index contributed by atoms with van der Waals surface area (Å²) in [6, 6.07) is 1.11. The molecule has 1 aliphatic heterocycles. The Morgan fingerprint density at radius 3 is 2.43 bits per heavy atom. The van der Waals surface area contributed by atoms with Crippen LogP contribution in [0, 0.1) is 5.92 Å². The van der Waals surface area contributed by atoms with Crippen LogP contribution in [0.15, 0.2) is 0 Å². The first kappa shape index (κ1) is 14.6. The van der Waals surface area contributed by atoms with Gasteiger partial charge in [-0.15, -0.1) is 12.4 Å². The van der Waals surface area contributed by atoms with Crippen LogP contribution in [0.5, 0.6) is 0 Å². The second-order valence-electron chi connectivity index (χ2n) is 4.42. The molecule has 1 aliphatic rings. The predicted molar refractivity (Wildman–Crippen MR) is 60.5 cm³/mol. The van der Waals surface area contributed by atoms with Gasteiger partial charge in [-0.2, -0.15) is 0 Å². The van der Waals surface area contributed by atoms with E-state index < -0.39 is 0 Å². The zero-order valence-electron chi connectivity index (χ0n) is 9.30. The largest absolute Gasteiger partial charge is 0.147 e. The summed E-state index contributed by atoms with van der Waals surface area (Å²) in [6.07, 6.45) is 1.22. The monoisotopic (exact) mass is 267 g/mol. The van der Waals surface area contributed by atoms with Gasteiger partial charge in [-0.25, -0.2) is 0 Å². The molecule has 0 amide bonds. The van der Waals surface area contributed by atoms with E-state index >= 15 is 0 Å². The Morgan fingerprint density at radius 2 is 2.00 bits per heavy atom. The minimum atomic E-state index is 0. The normalized spacial score (nSPS) is 23.4. The Labute approximate surface area is 102 Å². The molecular weight excluding hydrogens is 247 g/mol. The third-order valence-electron chi connectivity index (χ3n) is 2.37. The van der Waals surface area contributed by atoms with Crippen LogP contribution in [0.1, 0.15) is 34.1 Å². The number of nitrogens with one attached hydrogen (secondary N) is 1. The molecule has 89 valence electrons. The van der Waals surface area contributed by atoms with E-state index in [1.165, 1.54) is 6.42 Å². The fraction of sp³-hybridized carbons (Fsp3) is 0.900. The van der Waals surface area contributed by atoms with E-state index in [-0.39, 0.29) is 12.4 Å². The van der Waals surface area contributed by atoms with Gasteiger partial charge >= 0.3 is 89.1 Å². The first-order valence-electron chi connectivity index (χ1n) is 5.03. The molecule has 4 heteroatoms. The summed E-state index contributed by atoms with van der Waals surface area (Å²) in [7, 11) is 0. The maximum Gasteiger partial charge on any atom is -0.147 e. The van der Waals surface area contributed by atoms with Crippen molar-refractivity contribution in [1.82, 2.24) is 10.2 Å². The Hall–Kier alpha value is 0.599. The molecule has 2 nitrogen and oxygen atoms in total. The van der Waals surface area contributed by atoms with E-state index in [1.807, 2.05) is 0 Å². The quantitative estimate of drug-likeness (QED) is 0.785. The fourth-order valence-corrected chi connectivity index (χ4v) is 2.41. The zero-order valence-corrected chi connectivity index (χ0v) is 11.1. The number of rotatable bonds is 3. The third kappa shape index (κ3) is 3.63. The molecule has 1 rings (SSSR count). The molecule has 1 unspecified atom stereocenters. The van der Waals surface area contributed by atoms with Crippen molar-refractivity contribution in [3.05, 3.63) is 0 Å². The molecule has 1 fully saturated rings. The van der Waals surface area contributed by atoms with Crippen LogP contribution in [-0.4, -0.2) is 28.2 Å². The van der Waals surface area contributed by atoms with Gasteiger partial charge in [-0.1, -0.05) is 0 Å². The molecule has 0 aliphatic carbocycles. The molecular formula is C10H21ClCuN2. The van der Waals surface area contributed by atoms with Crippen molar-refractivity contribution in [1.29, 1.82) is 0 Å². The standard InChI is InChI=1S/C10H20N2.ClH.Cu/c1-8(2)5-10-6-11-7-12(10)9(3)4;;/h8-11H,5-6H2,1-4H3;1H;. The number of hydrogen-bond acceptors (Lipinski definition) is 2. The van der Waals surface area contributed by atoms with E-state index in [1.54, 1.807) is 0 Å². The van der Waals surface area contributed by atoms with Gasteiger partial charge in [-0.05, 0) is 0 Å². The maximum absolute atomic E-state index is 5.42. The third-order valence-corrected chi connectivity index (χ3v) is 2.78. The van der Waals surface area contributed by atoms with Crippen LogP contribution in [0.2, 0.25) is 0 Å². The minimum absolute atomic E-state index is 0. The van der Waals surface area contributed by atoms with E-state index in [0.717, 1.165) is 17.1 Å². The molecule has 0 aromatic rings. The average Bonchev–Trinajstić information content (AvgIpc) is 2.30. The van der Waals surface area contributed by atoms with Crippen LogP contribution in [-0.2, 0) is 15.6 Å². The molecule has 1 heterocycles. The van der Waals surface area contributed by atoms with Crippen molar-refractivity contribution in [3.63, 3.8) is 0 Å². The van der Waals surface area contributed by atoms with Gasteiger partial charge in [0.15, 0.2) is 0 Å². The molecule has 1 saturated heterocycles. The topological polar surface area (TPSA) is 15.3 Å². The van der Waals surface area contributed by atoms with E-state index in [0.29, 0.717) is 12.1 Å². The van der Waals surface area contributed by atoms with Gasteiger partial charge in [-0.3, -0.25) is 0 Å².